The van der Waals surface area contributed by atoms with Gasteiger partial charge in [0.15, 0.2) is 0 Å². The molecule has 3 heterocycles. The number of fused-ring (bicyclic) bond motifs is 1. The smallest absolute Gasteiger partial charge is 0.364 e. The fraction of sp³-hybridized carbons (Fsp3) is 0.529. The summed E-state index contributed by atoms with van der Waals surface area (Å²) in [6.07, 6.45) is -4.96. The van der Waals surface area contributed by atoms with Crippen LogP contribution in [0.2, 0.25) is 0 Å². The minimum Gasteiger partial charge on any atom is -0.364 e. The number of hydrogen-bond donors (Lipinski definition) is 2. The van der Waals surface area contributed by atoms with E-state index in [4.69, 9.17) is 4.74 Å². The van der Waals surface area contributed by atoms with Gasteiger partial charge in [0.1, 0.15) is 5.60 Å². The average Bonchev–Trinajstić information content (AvgIpc) is 3.26. The molecule has 4 fully saturated rings. The second kappa shape index (κ2) is 5.60. The predicted molar refractivity (Wildman–Crippen MR) is 85.4 cm³/mol. The van der Waals surface area contributed by atoms with Gasteiger partial charge in [-0.2, -0.15) is 13.2 Å². The molecule has 0 unspecified atom stereocenters. The van der Waals surface area contributed by atoms with Crippen LogP contribution in [0.1, 0.15) is 18.4 Å². The van der Waals surface area contributed by atoms with E-state index in [1.807, 2.05) is 0 Å². The highest BCUT2D eigenvalue weighted by Gasteiger charge is 2.76. The Morgan fingerprint density at radius 2 is 1.96 bits per heavy atom. The third-order valence-corrected chi connectivity index (χ3v) is 5.45. The van der Waals surface area contributed by atoms with Crippen LogP contribution in [-0.4, -0.2) is 43.4 Å². The fourth-order valence-electron chi connectivity index (χ4n) is 3.89. The predicted octanol–water partition coefficient (Wildman–Crippen LogP) is 1.94. The van der Waals surface area contributed by atoms with E-state index in [2.05, 4.69) is 10.6 Å². The maximum absolute atomic E-state index is 13.0. The highest BCUT2D eigenvalue weighted by atomic mass is 19.4. The van der Waals surface area contributed by atoms with Gasteiger partial charge in [0.2, 0.25) is 0 Å². The molecule has 1 aromatic rings. The molecule has 4 aliphatic rings. The van der Waals surface area contributed by atoms with Gasteiger partial charge in [0.05, 0.1) is 12.0 Å². The summed E-state index contributed by atoms with van der Waals surface area (Å²) in [4.78, 5) is 25.5. The standard InChI is InChI=1S/C17H18F3N3O3/c18-17(19,20)15-8-16(9-15,26-10-15)13(24)22-7-11-1-3-12(4-2-11)23-6-5-21-14(23)25/h1-4H,5-10H2,(H,21,25)(H,22,24). The number of urea groups is 1. The molecule has 6 nitrogen and oxygen atoms in total. The van der Waals surface area contributed by atoms with Crippen LogP contribution < -0.4 is 15.5 Å². The van der Waals surface area contributed by atoms with Gasteiger partial charge < -0.3 is 15.4 Å². The maximum Gasteiger partial charge on any atom is 0.396 e. The molecule has 0 radical (unpaired) electrons. The van der Waals surface area contributed by atoms with Crippen molar-refractivity contribution in [1.82, 2.24) is 10.6 Å². The number of rotatable bonds is 4. The van der Waals surface area contributed by atoms with Gasteiger partial charge in [-0.25, -0.2) is 4.79 Å². The van der Waals surface area contributed by atoms with Crippen LogP contribution in [0.25, 0.3) is 0 Å². The van der Waals surface area contributed by atoms with Crippen molar-refractivity contribution in [2.24, 2.45) is 5.41 Å². The van der Waals surface area contributed by atoms with E-state index in [1.54, 1.807) is 29.2 Å². The molecule has 1 saturated carbocycles. The van der Waals surface area contributed by atoms with Crippen LogP contribution in [0.5, 0.6) is 0 Å². The molecule has 5 rings (SSSR count). The quantitative estimate of drug-likeness (QED) is 0.852. The number of ether oxygens (including phenoxy) is 1. The van der Waals surface area contributed by atoms with Crippen molar-refractivity contribution in [2.45, 2.75) is 31.2 Å². The second-order valence-electron chi connectivity index (χ2n) is 7.15. The van der Waals surface area contributed by atoms with Gasteiger partial charge in [-0.15, -0.1) is 0 Å². The van der Waals surface area contributed by atoms with Gasteiger partial charge in [0.25, 0.3) is 5.91 Å². The molecule has 2 bridgehead atoms. The van der Waals surface area contributed by atoms with Crippen LogP contribution in [0, 0.1) is 5.41 Å². The number of alkyl halides is 3. The van der Waals surface area contributed by atoms with Gasteiger partial charge >= 0.3 is 12.2 Å². The SMILES string of the molecule is O=C1NCCN1c1ccc(CNC(=O)C23CC(C(F)(F)F)(CO2)C3)cc1. The van der Waals surface area contributed by atoms with E-state index >= 15 is 0 Å². The number of benzene rings is 1. The van der Waals surface area contributed by atoms with E-state index in [0.717, 1.165) is 11.3 Å². The Bertz CT molecular complexity index is 742. The summed E-state index contributed by atoms with van der Waals surface area (Å²) in [7, 11) is 0. The molecule has 3 aliphatic heterocycles. The summed E-state index contributed by atoms with van der Waals surface area (Å²) in [5, 5.41) is 5.37. The third-order valence-electron chi connectivity index (χ3n) is 5.45. The van der Waals surface area contributed by atoms with Crippen LogP contribution >= 0.6 is 0 Å². The zero-order chi connectivity index (χ0) is 18.6. The topological polar surface area (TPSA) is 70.7 Å². The molecular formula is C17H18F3N3O3. The van der Waals surface area contributed by atoms with Gasteiger partial charge in [-0.05, 0) is 17.7 Å². The molecule has 26 heavy (non-hydrogen) atoms. The average molecular weight is 369 g/mol. The summed E-state index contributed by atoms with van der Waals surface area (Å²) in [6, 6.07) is 6.94. The normalized spacial score (nSPS) is 30.1. The molecule has 140 valence electrons. The third kappa shape index (κ3) is 2.53. The Hall–Kier alpha value is -2.29. The van der Waals surface area contributed by atoms with E-state index in [0.29, 0.717) is 13.1 Å². The molecule has 3 saturated heterocycles. The number of amides is 3. The Labute approximate surface area is 147 Å². The van der Waals surface area contributed by atoms with Crippen molar-refractivity contribution >= 4 is 17.6 Å². The van der Waals surface area contributed by atoms with Crippen molar-refractivity contribution < 1.29 is 27.5 Å². The highest BCUT2D eigenvalue weighted by molar-refractivity contribution is 5.94. The molecular weight excluding hydrogens is 351 g/mol. The molecule has 0 atom stereocenters. The lowest BCUT2D eigenvalue weighted by Crippen LogP contribution is -2.59. The zero-order valence-corrected chi connectivity index (χ0v) is 13.9. The Morgan fingerprint density at radius 1 is 1.27 bits per heavy atom. The molecule has 0 spiro atoms. The van der Waals surface area contributed by atoms with Crippen molar-refractivity contribution in [2.75, 3.05) is 24.6 Å². The summed E-state index contributed by atoms with van der Waals surface area (Å²) in [6.45, 7) is 0.930. The van der Waals surface area contributed by atoms with Crippen LogP contribution in [0.15, 0.2) is 24.3 Å². The monoisotopic (exact) mass is 369 g/mol. The van der Waals surface area contributed by atoms with E-state index < -0.39 is 29.7 Å². The van der Waals surface area contributed by atoms with Crippen LogP contribution in [0.4, 0.5) is 23.7 Å². The van der Waals surface area contributed by atoms with Crippen LogP contribution in [-0.2, 0) is 16.1 Å². The highest BCUT2D eigenvalue weighted by Crippen LogP contribution is 2.64. The van der Waals surface area contributed by atoms with Gasteiger partial charge in [-0.1, -0.05) is 12.1 Å². The molecule has 9 heteroatoms. The summed E-state index contributed by atoms with van der Waals surface area (Å²) in [5.74, 6) is -0.502. The lowest BCUT2D eigenvalue weighted by molar-refractivity contribution is -0.242. The Kier molecular flexibility index (Phi) is 3.69. The first-order valence-electron chi connectivity index (χ1n) is 8.38. The molecule has 1 aliphatic carbocycles. The van der Waals surface area contributed by atoms with Gasteiger partial charge in [-0.3, -0.25) is 9.69 Å². The zero-order valence-electron chi connectivity index (χ0n) is 13.9. The van der Waals surface area contributed by atoms with Crippen molar-refractivity contribution in [1.29, 1.82) is 0 Å². The molecule has 1 aromatic carbocycles. The maximum atomic E-state index is 13.0. The number of halogens is 3. The van der Waals surface area contributed by atoms with Crippen molar-refractivity contribution in [3.63, 3.8) is 0 Å². The first kappa shape index (κ1) is 17.1. The molecule has 0 aromatic heterocycles. The number of nitrogens with one attached hydrogen (secondary N) is 2. The van der Waals surface area contributed by atoms with Crippen molar-refractivity contribution in [3.05, 3.63) is 29.8 Å². The second-order valence-corrected chi connectivity index (χ2v) is 7.15. The van der Waals surface area contributed by atoms with Gasteiger partial charge in [0, 0.05) is 38.2 Å². The summed E-state index contributed by atoms with van der Waals surface area (Å²) < 4.78 is 44.3. The lowest BCUT2D eigenvalue weighted by Gasteiger charge is -2.43. The Balaban J connectivity index is 1.34. The first-order chi connectivity index (χ1) is 12.2. The van der Waals surface area contributed by atoms with E-state index in [1.165, 1.54) is 0 Å². The van der Waals surface area contributed by atoms with E-state index in [9.17, 15) is 22.8 Å². The van der Waals surface area contributed by atoms with Crippen LogP contribution in [0.3, 0.4) is 0 Å². The Morgan fingerprint density at radius 3 is 2.50 bits per heavy atom. The molecule has 3 amide bonds. The molecule has 2 N–H and O–H groups in total. The largest absolute Gasteiger partial charge is 0.396 e. The number of hydrogen-bond acceptors (Lipinski definition) is 3. The van der Waals surface area contributed by atoms with E-state index in [-0.39, 0.29) is 25.4 Å². The fourth-order valence-corrected chi connectivity index (χ4v) is 3.89. The van der Waals surface area contributed by atoms with Crippen molar-refractivity contribution in [3.8, 4) is 0 Å². The minimum atomic E-state index is -4.34. The minimum absolute atomic E-state index is 0.151. The summed E-state index contributed by atoms with van der Waals surface area (Å²) in [5.41, 5.74) is -1.66. The first-order valence-corrected chi connectivity index (χ1v) is 8.38. The lowest BCUT2D eigenvalue weighted by atomic mass is 9.61. The number of anilines is 1. The number of carbonyl (C=O) groups excluding carboxylic acids is 2. The summed E-state index contributed by atoms with van der Waals surface area (Å²) >= 11 is 0. The number of nitrogens with zero attached hydrogens (tertiary/aromatic N) is 1. The number of carbonyl (C=O) groups is 2.